The second-order valence-corrected chi connectivity index (χ2v) is 9.52. The van der Waals surface area contributed by atoms with Gasteiger partial charge < -0.3 is 4.74 Å². The molecule has 3 aromatic rings. The average Bonchev–Trinajstić information content (AvgIpc) is 3.20. The lowest BCUT2D eigenvalue weighted by atomic mass is 10.2. The minimum Gasteiger partial charge on any atom is -0.443 e. The van der Waals surface area contributed by atoms with E-state index in [0.717, 1.165) is 5.56 Å². The molecule has 0 atom stereocenters. The van der Waals surface area contributed by atoms with Crippen LogP contribution in [0.3, 0.4) is 0 Å². The van der Waals surface area contributed by atoms with Gasteiger partial charge in [-0.15, -0.1) is 14.5 Å². The molecule has 11 nitrogen and oxygen atoms in total. The molecule has 0 N–H and O–H groups in total. The van der Waals surface area contributed by atoms with E-state index >= 15 is 0 Å². The number of carbonyl (C=O) groups is 1. The van der Waals surface area contributed by atoms with Crippen molar-refractivity contribution in [2.75, 3.05) is 6.67 Å². The molecule has 0 fully saturated rings. The highest BCUT2D eigenvalue weighted by Crippen LogP contribution is 2.22. The Morgan fingerprint density at radius 1 is 1.16 bits per heavy atom. The summed E-state index contributed by atoms with van der Waals surface area (Å²) in [7, 11) is -4.29. The van der Waals surface area contributed by atoms with Gasteiger partial charge in [-0.05, 0) is 67.9 Å². The topological polar surface area (TPSA) is 125 Å². The van der Waals surface area contributed by atoms with Gasteiger partial charge in [0.25, 0.3) is 10.0 Å². The summed E-state index contributed by atoms with van der Waals surface area (Å²) in [5, 5.41) is 12.3. The highest BCUT2D eigenvalue weighted by atomic mass is 32.2. The molecule has 0 aliphatic rings. The first-order valence-electron chi connectivity index (χ1n) is 9.46. The Labute approximate surface area is 185 Å². The molecule has 1 aromatic carbocycles. The SMILES string of the molecule is [C-]#[N+]CN(C(=O)OC(C)(C)C)S(=O)(=O)c1ccc(-c2nnn(Cc3ccncc3)n2)cc1. The van der Waals surface area contributed by atoms with Crippen LogP contribution in [0.5, 0.6) is 0 Å². The van der Waals surface area contributed by atoms with Crippen LogP contribution in [-0.2, 0) is 21.3 Å². The van der Waals surface area contributed by atoms with Crippen LogP contribution >= 0.6 is 0 Å². The van der Waals surface area contributed by atoms with Crippen molar-refractivity contribution in [2.45, 2.75) is 37.8 Å². The fourth-order valence-electron chi connectivity index (χ4n) is 2.59. The smallest absolute Gasteiger partial charge is 0.430 e. The maximum absolute atomic E-state index is 12.9. The zero-order valence-electron chi connectivity index (χ0n) is 17.7. The number of aromatic nitrogens is 5. The number of hydrogen-bond donors (Lipinski definition) is 0. The third-order valence-corrected chi connectivity index (χ3v) is 5.74. The van der Waals surface area contributed by atoms with Crippen LogP contribution in [0.25, 0.3) is 16.2 Å². The molecule has 0 unspecified atom stereocenters. The zero-order valence-corrected chi connectivity index (χ0v) is 18.5. The van der Waals surface area contributed by atoms with Crippen LogP contribution in [0.15, 0.2) is 53.7 Å². The number of pyridine rings is 1. The molecule has 166 valence electrons. The van der Waals surface area contributed by atoms with E-state index in [-0.39, 0.29) is 4.90 Å². The van der Waals surface area contributed by atoms with Gasteiger partial charge in [0.05, 0.1) is 11.4 Å². The average molecular weight is 456 g/mol. The van der Waals surface area contributed by atoms with Crippen LogP contribution < -0.4 is 0 Å². The molecule has 32 heavy (non-hydrogen) atoms. The summed E-state index contributed by atoms with van der Waals surface area (Å²) in [5.74, 6) is 0.313. The zero-order chi connectivity index (χ0) is 23.4. The summed E-state index contributed by atoms with van der Waals surface area (Å²) < 4.78 is 31.4. The maximum atomic E-state index is 12.9. The van der Waals surface area contributed by atoms with Gasteiger partial charge in [-0.3, -0.25) is 9.83 Å². The van der Waals surface area contributed by atoms with Gasteiger partial charge in [-0.25, -0.2) is 19.8 Å². The van der Waals surface area contributed by atoms with Crippen LogP contribution in [0.1, 0.15) is 26.3 Å². The largest absolute Gasteiger partial charge is 0.443 e. The van der Waals surface area contributed by atoms with Crippen molar-refractivity contribution in [3.8, 4) is 11.4 Å². The van der Waals surface area contributed by atoms with Crippen LogP contribution in [0, 0.1) is 6.57 Å². The van der Waals surface area contributed by atoms with Crippen molar-refractivity contribution in [3.05, 3.63) is 65.8 Å². The van der Waals surface area contributed by atoms with Gasteiger partial charge in [-0.2, -0.15) is 4.80 Å². The standard InChI is InChI=1S/C20H21N7O4S/c1-20(2,3)31-19(28)26(14-21-4)32(29,30)17-7-5-16(6-8-17)18-23-25-27(24-18)13-15-9-11-22-12-10-15/h5-12H,13-14H2,1-3H3. The third-order valence-electron chi connectivity index (χ3n) is 4.02. The van der Waals surface area contributed by atoms with Crippen LogP contribution in [-0.4, -0.2) is 56.3 Å². The normalized spacial score (nSPS) is 11.6. The highest BCUT2D eigenvalue weighted by Gasteiger charge is 2.35. The van der Waals surface area contributed by atoms with E-state index in [2.05, 4.69) is 25.2 Å². The molecule has 0 spiro atoms. The molecule has 12 heteroatoms. The molecule has 0 aliphatic carbocycles. The van der Waals surface area contributed by atoms with E-state index in [1.165, 1.54) is 29.1 Å². The molecular weight excluding hydrogens is 434 g/mol. The Morgan fingerprint density at radius 2 is 1.81 bits per heavy atom. The number of carbonyl (C=O) groups excluding carboxylic acids is 1. The first-order valence-corrected chi connectivity index (χ1v) is 10.9. The molecular formula is C20H21N7O4S. The molecule has 0 radical (unpaired) electrons. The highest BCUT2D eigenvalue weighted by molar-refractivity contribution is 7.89. The molecule has 2 heterocycles. The summed E-state index contributed by atoms with van der Waals surface area (Å²) in [6.45, 7) is 11.6. The summed E-state index contributed by atoms with van der Waals surface area (Å²) in [4.78, 5) is 20.6. The van der Waals surface area contributed by atoms with Gasteiger partial charge in [0.1, 0.15) is 5.60 Å². The maximum Gasteiger partial charge on any atom is 0.430 e. The second-order valence-electron chi connectivity index (χ2n) is 7.66. The van der Waals surface area contributed by atoms with E-state index in [0.29, 0.717) is 22.2 Å². The lowest BCUT2D eigenvalue weighted by molar-refractivity contribution is 0.0403. The van der Waals surface area contributed by atoms with Crippen molar-refractivity contribution in [1.29, 1.82) is 0 Å². The number of benzene rings is 1. The van der Waals surface area contributed by atoms with E-state index in [4.69, 9.17) is 11.3 Å². The number of amides is 1. The molecule has 0 saturated carbocycles. The van der Waals surface area contributed by atoms with Gasteiger partial charge >= 0.3 is 12.8 Å². The van der Waals surface area contributed by atoms with Crippen LogP contribution in [0.4, 0.5) is 4.79 Å². The van der Waals surface area contributed by atoms with Crippen molar-refractivity contribution >= 4 is 16.1 Å². The Morgan fingerprint density at radius 3 is 2.41 bits per heavy atom. The van der Waals surface area contributed by atoms with E-state index < -0.39 is 28.4 Å². The number of sulfonamides is 1. The molecule has 3 rings (SSSR count). The summed E-state index contributed by atoms with van der Waals surface area (Å²) in [5.41, 5.74) is 0.580. The molecule has 2 aromatic heterocycles. The molecule has 0 saturated heterocycles. The summed E-state index contributed by atoms with van der Waals surface area (Å²) in [6.07, 6.45) is 2.22. The summed E-state index contributed by atoms with van der Waals surface area (Å²) >= 11 is 0. The quantitative estimate of drug-likeness (QED) is 0.520. The van der Waals surface area contributed by atoms with Crippen LogP contribution in [0.2, 0.25) is 0 Å². The van der Waals surface area contributed by atoms with Crippen molar-refractivity contribution < 1.29 is 17.9 Å². The Bertz CT molecular complexity index is 1230. The second kappa shape index (κ2) is 9.11. The molecule has 0 aliphatic heterocycles. The number of rotatable bonds is 6. The van der Waals surface area contributed by atoms with Crippen molar-refractivity contribution in [2.24, 2.45) is 0 Å². The number of tetrazole rings is 1. The summed E-state index contributed by atoms with van der Waals surface area (Å²) in [6, 6.07) is 9.31. The fourth-order valence-corrected chi connectivity index (χ4v) is 3.77. The minimum absolute atomic E-state index is 0.167. The Kier molecular flexibility index (Phi) is 6.50. The Hall–Kier alpha value is -3.85. The number of hydrogen-bond acceptors (Lipinski definition) is 8. The van der Waals surface area contributed by atoms with E-state index in [1.54, 1.807) is 33.2 Å². The fraction of sp³-hybridized carbons (Fsp3) is 0.300. The van der Waals surface area contributed by atoms with Gasteiger partial charge in [-0.1, -0.05) is 0 Å². The van der Waals surface area contributed by atoms with Crippen molar-refractivity contribution in [3.63, 3.8) is 0 Å². The first-order chi connectivity index (χ1) is 15.1. The van der Waals surface area contributed by atoms with Gasteiger partial charge in [0.15, 0.2) is 0 Å². The lowest BCUT2D eigenvalue weighted by Crippen LogP contribution is -2.40. The Balaban J connectivity index is 1.81. The molecule has 1 amide bonds. The van der Waals surface area contributed by atoms with Gasteiger partial charge in [0.2, 0.25) is 5.82 Å². The monoisotopic (exact) mass is 455 g/mol. The predicted octanol–water partition coefficient (Wildman–Crippen LogP) is 2.59. The minimum atomic E-state index is -4.29. The van der Waals surface area contributed by atoms with E-state index in [9.17, 15) is 13.2 Å². The van der Waals surface area contributed by atoms with Gasteiger partial charge in [0, 0.05) is 18.0 Å². The lowest BCUT2D eigenvalue weighted by Gasteiger charge is -2.24. The van der Waals surface area contributed by atoms with Crippen molar-refractivity contribution in [1.82, 2.24) is 29.5 Å². The predicted molar refractivity (Wildman–Crippen MR) is 113 cm³/mol. The third kappa shape index (κ3) is 5.44. The number of nitrogens with zero attached hydrogens (tertiary/aromatic N) is 7. The first kappa shape index (κ1) is 22.8. The number of ether oxygens (including phenoxy) is 1. The van der Waals surface area contributed by atoms with E-state index in [1.807, 2.05) is 12.1 Å². The molecule has 0 bridgehead atoms.